The van der Waals surface area contributed by atoms with Crippen molar-refractivity contribution in [1.29, 1.82) is 0 Å². The number of rotatable bonds is 4. The molecule has 0 saturated carbocycles. The summed E-state index contributed by atoms with van der Waals surface area (Å²) in [5, 5.41) is 0. The summed E-state index contributed by atoms with van der Waals surface area (Å²) in [5.41, 5.74) is 0.312. The van der Waals surface area contributed by atoms with Gasteiger partial charge < -0.3 is 9.47 Å². The van der Waals surface area contributed by atoms with Gasteiger partial charge in [-0.3, -0.25) is 4.79 Å². The fourth-order valence-corrected chi connectivity index (χ4v) is 0.964. The average Bonchev–Trinajstić information content (AvgIpc) is 2.18. The first-order valence-corrected chi connectivity index (χ1v) is 3.80. The van der Waals surface area contributed by atoms with Crippen molar-refractivity contribution in [3.8, 4) is 5.75 Å². The van der Waals surface area contributed by atoms with E-state index in [0.29, 0.717) is 11.4 Å². The Hall–Kier alpha value is -1.42. The number of Topliss-reactive ketones (excluding diaryl/α,β-unsaturated/α-hetero) is 1. The topological polar surface area (TPSA) is 48.4 Å². The van der Waals surface area contributed by atoms with Gasteiger partial charge in [0.15, 0.2) is 5.69 Å². The second kappa shape index (κ2) is 4.57. The molecule has 1 aromatic rings. The van der Waals surface area contributed by atoms with Crippen molar-refractivity contribution < 1.29 is 14.3 Å². The maximum Gasteiger partial charge on any atom is 0.210 e. The third-order valence-electron chi connectivity index (χ3n) is 1.53. The second-order valence-corrected chi connectivity index (χ2v) is 2.41. The number of methoxy groups -OCH3 is 2. The highest BCUT2D eigenvalue weighted by atomic mass is 16.5. The lowest BCUT2D eigenvalue weighted by Crippen LogP contribution is -2.10. The quantitative estimate of drug-likeness (QED) is 0.648. The summed E-state index contributed by atoms with van der Waals surface area (Å²) in [5.74, 6) is 0.296. The van der Waals surface area contributed by atoms with E-state index in [1.807, 2.05) is 0 Å². The smallest absolute Gasteiger partial charge is 0.210 e. The van der Waals surface area contributed by atoms with Crippen LogP contribution in [0.5, 0.6) is 5.75 Å². The third kappa shape index (κ3) is 2.26. The van der Waals surface area contributed by atoms with Gasteiger partial charge in [-0.25, -0.2) is 4.98 Å². The minimum atomic E-state index is -0.181. The van der Waals surface area contributed by atoms with E-state index in [9.17, 15) is 4.79 Å². The third-order valence-corrected chi connectivity index (χ3v) is 1.53. The van der Waals surface area contributed by atoms with Crippen LogP contribution in [-0.2, 0) is 4.74 Å². The zero-order valence-electron chi connectivity index (χ0n) is 7.61. The second-order valence-electron chi connectivity index (χ2n) is 2.41. The molecule has 1 aromatic heterocycles. The maximum absolute atomic E-state index is 11.4. The molecule has 0 spiro atoms. The van der Waals surface area contributed by atoms with Crippen LogP contribution < -0.4 is 4.74 Å². The van der Waals surface area contributed by atoms with Gasteiger partial charge in [0.25, 0.3) is 0 Å². The molecule has 4 nitrogen and oxygen atoms in total. The van der Waals surface area contributed by atoms with Crippen molar-refractivity contribution in [2.45, 2.75) is 0 Å². The lowest BCUT2D eigenvalue weighted by Gasteiger charge is -2.04. The van der Waals surface area contributed by atoms with Crippen LogP contribution in [0.3, 0.4) is 0 Å². The fraction of sp³-hybridized carbons (Fsp3) is 0.333. The molecule has 0 fully saturated rings. The molecule has 0 saturated heterocycles. The Morgan fingerprint density at radius 3 is 2.92 bits per heavy atom. The van der Waals surface area contributed by atoms with Crippen molar-refractivity contribution in [3.63, 3.8) is 0 Å². The van der Waals surface area contributed by atoms with Crippen molar-refractivity contribution in [2.24, 2.45) is 0 Å². The van der Waals surface area contributed by atoms with Gasteiger partial charge in [-0.05, 0) is 12.1 Å². The molecule has 0 N–H and O–H groups in total. The summed E-state index contributed by atoms with van der Waals surface area (Å²) in [6.07, 6.45) is 1.55. The van der Waals surface area contributed by atoms with E-state index in [1.54, 1.807) is 18.3 Å². The van der Waals surface area contributed by atoms with Gasteiger partial charge in [0.1, 0.15) is 12.4 Å². The molecule has 0 radical (unpaired) electrons. The molecular formula is C9H11NO3. The van der Waals surface area contributed by atoms with Crippen LogP contribution >= 0.6 is 0 Å². The summed E-state index contributed by atoms with van der Waals surface area (Å²) in [6, 6.07) is 3.40. The molecule has 0 atom stereocenters. The first-order chi connectivity index (χ1) is 6.29. The molecular weight excluding hydrogens is 170 g/mol. The number of aromatic nitrogens is 1. The van der Waals surface area contributed by atoms with Crippen molar-refractivity contribution >= 4 is 5.78 Å². The van der Waals surface area contributed by atoms with Crippen LogP contribution in [0.15, 0.2) is 18.3 Å². The number of hydrogen-bond acceptors (Lipinski definition) is 4. The highest BCUT2D eigenvalue weighted by molar-refractivity contribution is 5.97. The Balaban J connectivity index is 2.92. The molecule has 0 aliphatic heterocycles. The van der Waals surface area contributed by atoms with Gasteiger partial charge in [0, 0.05) is 13.3 Å². The van der Waals surface area contributed by atoms with Gasteiger partial charge in [0.05, 0.1) is 7.11 Å². The summed E-state index contributed by atoms with van der Waals surface area (Å²) < 4.78 is 9.69. The van der Waals surface area contributed by atoms with Crippen LogP contribution in [0.25, 0.3) is 0 Å². The van der Waals surface area contributed by atoms with Gasteiger partial charge >= 0.3 is 0 Å². The van der Waals surface area contributed by atoms with E-state index in [4.69, 9.17) is 9.47 Å². The maximum atomic E-state index is 11.4. The fourth-order valence-electron chi connectivity index (χ4n) is 0.964. The largest absolute Gasteiger partial charge is 0.494 e. The van der Waals surface area contributed by atoms with Crippen LogP contribution in [0.2, 0.25) is 0 Å². The van der Waals surface area contributed by atoms with E-state index in [0.717, 1.165) is 0 Å². The van der Waals surface area contributed by atoms with Crippen LogP contribution in [0, 0.1) is 0 Å². The summed E-state index contributed by atoms with van der Waals surface area (Å²) in [6.45, 7) is 0.0212. The zero-order valence-corrected chi connectivity index (χ0v) is 7.61. The number of pyridine rings is 1. The standard InChI is InChI=1S/C9H11NO3/c1-12-6-7(11)9-8(13-2)4-3-5-10-9/h3-5H,6H2,1-2H3. The average molecular weight is 181 g/mol. The van der Waals surface area contributed by atoms with Gasteiger partial charge in [-0.1, -0.05) is 0 Å². The lowest BCUT2D eigenvalue weighted by molar-refractivity contribution is 0.0839. The number of hydrogen-bond donors (Lipinski definition) is 0. The van der Waals surface area contributed by atoms with Crippen LogP contribution in [0.1, 0.15) is 10.5 Å². The number of carbonyl (C=O) groups is 1. The summed E-state index contributed by atoms with van der Waals surface area (Å²) in [7, 11) is 2.97. The Bertz CT molecular complexity index is 299. The number of carbonyl (C=O) groups excluding carboxylic acids is 1. The Kier molecular flexibility index (Phi) is 3.40. The van der Waals surface area contributed by atoms with E-state index >= 15 is 0 Å². The Morgan fingerprint density at radius 1 is 1.54 bits per heavy atom. The normalized spacial score (nSPS) is 9.69. The monoisotopic (exact) mass is 181 g/mol. The molecule has 0 bridgehead atoms. The molecule has 4 heteroatoms. The number of nitrogens with zero attached hydrogens (tertiary/aromatic N) is 1. The first-order valence-electron chi connectivity index (χ1n) is 3.80. The predicted octanol–water partition coefficient (Wildman–Crippen LogP) is 0.919. The molecule has 1 heterocycles. The van der Waals surface area contributed by atoms with Crippen molar-refractivity contribution in [2.75, 3.05) is 20.8 Å². The molecule has 13 heavy (non-hydrogen) atoms. The minimum Gasteiger partial charge on any atom is -0.494 e. The molecule has 0 aromatic carbocycles. The van der Waals surface area contributed by atoms with E-state index < -0.39 is 0 Å². The molecule has 0 unspecified atom stereocenters. The number of ketones is 1. The summed E-state index contributed by atoms with van der Waals surface area (Å²) in [4.78, 5) is 15.3. The minimum absolute atomic E-state index is 0.0212. The molecule has 70 valence electrons. The highest BCUT2D eigenvalue weighted by Crippen LogP contribution is 2.14. The summed E-state index contributed by atoms with van der Waals surface area (Å²) >= 11 is 0. The van der Waals surface area contributed by atoms with E-state index in [-0.39, 0.29) is 12.4 Å². The Morgan fingerprint density at radius 2 is 2.31 bits per heavy atom. The van der Waals surface area contributed by atoms with E-state index in [2.05, 4.69) is 4.98 Å². The Labute approximate surface area is 76.5 Å². The molecule has 0 aliphatic rings. The lowest BCUT2D eigenvalue weighted by atomic mass is 10.2. The first kappa shape index (κ1) is 9.67. The molecule has 0 amide bonds. The van der Waals surface area contributed by atoms with Crippen molar-refractivity contribution in [3.05, 3.63) is 24.0 Å². The van der Waals surface area contributed by atoms with E-state index in [1.165, 1.54) is 14.2 Å². The molecule has 0 aliphatic carbocycles. The van der Waals surface area contributed by atoms with Gasteiger partial charge in [-0.15, -0.1) is 0 Å². The molecule has 1 rings (SSSR count). The van der Waals surface area contributed by atoms with Gasteiger partial charge in [0.2, 0.25) is 5.78 Å². The van der Waals surface area contributed by atoms with Gasteiger partial charge in [-0.2, -0.15) is 0 Å². The number of ether oxygens (including phenoxy) is 2. The zero-order chi connectivity index (χ0) is 9.68. The van der Waals surface area contributed by atoms with Crippen LogP contribution in [-0.4, -0.2) is 31.6 Å². The van der Waals surface area contributed by atoms with Crippen LogP contribution in [0.4, 0.5) is 0 Å². The predicted molar refractivity (Wildman–Crippen MR) is 47.0 cm³/mol. The van der Waals surface area contributed by atoms with Crippen molar-refractivity contribution in [1.82, 2.24) is 4.98 Å². The highest BCUT2D eigenvalue weighted by Gasteiger charge is 2.12. The SMILES string of the molecule is COCC(=O)c1ncccc1OC.